The highest BCUT2D eigenvalue weighted by Crippen LogP contribution is 2.43. The zero-order valence-corrected chi connectivity index (χ0v) is 15.5. The molecule has 4 rings (SSSR count). The first kappa shape index (κ1) is 17.0. The molecule has 6 heteroatoms. The average Bonchev–Trinajstić information content (AvgIpc) is 2.60. The van der Waals surface area contributed by atoms with Crippen molar-refractivity contribution in [3.63, 3.8) is 0 Å². The van der Waals surface area contributed by atoms with E-state index in [4.69, 9.17) is 0 Å². The van der Waals surface area contributed by atoms with Crippen LogP contribution < -0.4 is 5.32 Å². The van der Waals surface area contributed by atoms with Gasteiger partial charge in [-0.1, -0.05) is 36.8 Å². The van der Waals surface area contributed by atoms with Crippen molar-refractivity contribution in [3.8, 4) is 0 Å². The van der Waals surface area contributed by atoms with Gasteiger partial charge in [-0.25, -0.2) is 18.4 Å². The topological polar surface area (TPSA) is 72.0 Å². The van der Waals surface area contributed by atoms with Gasteiger partial charge in [0.15, 0.2) is 9.84 Å². The van der Waals surface area contributed by atoms with E-state index in [1.165, 1.54) is 24.6 Å². The minimum atomic E-state index is -3.27. The van der Waals surface area contributed by atoms with Crippen LogP contribution in [0.15, 0.2) is 59.8 Å². The molecule has 1 aromatic heterocycles. The predicted octanol–water partition coefficient (Wildman–Crippen LogP) is 3.57. The molecule has 0 atom stereocenters. The molecule has 0 amide bonds. The van der Waals surface area contributed by atoms with Crippen LogP contribution in [0.3, 0.4) is 0 Å². The summed E-state index contributed by atoms with van der Waals surface area (Å²) in [5.41, 5.74) is 2.19. The highest BCUT2D eigenvalue weighted by molar-refractivity contribution is 7.90. The van der Waals surface area contributed by atoms with Crippen molar-refractivity contribution in [2.24, 2.45) is 0 Å². The summed E-state index contributed by atoms with van der Waals surface area (Å²) in [5, 5.41) is 4.20. The predicted molar refractivity (Wildman–Crippen MR) is 103 cm³/mol. The van der Waals surface area contributed by atoms with Crippen LogP contribution in [0.25, 0.3) is 10.9 Å². The van der Waals surface area contributed by atoms with Crippen molar-refractivity contribution in [1.82, 2.24) is 9.97 Å². The van der Waals surface area contributed by atoms with Gasteiger partial charge < -0.3 is 5.32 Å². The molecule has 0 radical (unpaired) electrons. The number of rotatable bonds is 5. The van der Waals surface area contributed by atoms with Gasteiger partial charge in [0.25, 0.3) is 0 Å². The van der Waals surface area contributed by atoms with E-state index in [0.29, 0.717) is 5.82 Å². The minimum absolute atomic E-state index is 0.118. The van der Waals surface area contributed by atoms with Gasteiger partial charge >= 0.3 is 0 Å². The van der Waals surface area contributed by atoms with Crippen molar-refractivity contribution < 1.29 is 8.42 Å². The first-order valence-electron chi connectivity index (χ1n) is 8.72. The zero-order chi connectivity index (χ0) is 18.2. The number of aromatic nitrogens is 2. The Balaban J connectivity index is 1.67. The van der Waals surface area contributed by atoms with E-state index in [0.717, 1.165) is 30.3 Å². The third-order valence-electron chi connectivity index (χ3n) is 5.33. The second-order valence-electron chi connectivity index (χ2n) is 7.03. The maximum Gasteiger partial charge on any atom is 0.175 e. The number of benzene rings is 2. The van der Waals surface area contributed by atoms with Crippen LogP contribution in [0, 0.1) is 0 Å². The van der Waals surface area contributed by atoms with Gasteiger partial charge in [0.1, 0.15) is 12.1 Å². The van der Waals surface area contributed by atoms with Crippen LogP contribution >= 0.6 is 0 Å². The Morgan fingerprint density at radius 3 is 2.50 bits per heavy atom. The summed E-state index contributed by atoms with van der Waals surface area (Å²) in [7, 11) is -3.27. The Morgan fingerprint density at radius 1 is 1.08 bits per heavy atom. The lowest BCUT2D eigenvalue weighted by Crippen LogP contribution is -2.41. The molecule has 1 aliphatic rings. The molecule has 1 heterocycles. The molecule has 1 aliphatic carbocycles. The molecule has 1 saturated carbocycles. The van der Waals surface area contributed by atoms with Gasteiger partial charge in [-0.2, -0.15) is 0 Å². The lowest BCUT2D eigenvalue weighted by molar-refractivity contribution is 0.260. The summed E-state index contributed by atoms with van der Waals surface area (Å²) < 4.78 is 23.8. The maximum absolute atomic E-state index is 11.9. The zero-order valence-electron chi connectivity index (χ0n) is 14.6. The monoisotopic (exact) mass is 367 g/mol. The number of anilines is 1. The molecule has 2 aromatic carbocycles. The summed E-state index contributed by atoms with van der Waals surface area (Å²) >= 11 is 0. The van der Waals surface area contributed by atoms with Crippen molar-refractivity contribution in [1.29, 1.82) is 0 Å². The molecular formula is C20H21N3O2S. The van der Waals surface area contributed by atoms with Crippen LogP contribution in [-0.2, 0) is 15.3 Å². The third-order valence-corrected chi connectivity index (χ3v) is 6.44. The standard InChI is InChI=1S/C20H21N3O2S/c1-26(24,25)16-8-9-18-17(12-16)19(23-14-22-18)21-13-20(10-5-11-20)15-6-3-2-4-7-15/h2-4,6-9,12,14H,5,10-11,13H2,1H3,(H,21,22,23). The smallest absolute Gasteiger partial charge is 0.175 e. The van der Waals surface area contributed by atoms with E-state index < -0.39 is 9.84 Å². The van der Waals surface area contributed by atoms with Crippen LogP contribution in [0.5, 0.6) is 0 Å². The van der Waals surface area contributed by atoms with Gasteiger partial charge in [-0.15, -0.1) is 0 Å². The van der Waals surface area contributed by atoms with Crippen molar-refractivity contribution >= 4 is 26.6 Å². The van der Waals surface area contributed by atoms with E-state index in [-0.39, 0.29) is 10.3 Å². The van der Waals surface area contributed by atoms with E-state index in [9.17, 15) is 8.42 Å². The van der Waals surface area contributed by atoms with Crippen LogP contribution in [0.4, 0.5) is 5.82 Å². The van der Waals surface area contributed by atoms with E-state index in [1.807, 2.05) is 6.07 Å². The average molecular weight is 367 g/mol. The van der Waals surface area contributed by atoms with Crippen molar-refractivity contribution in [2.75, 3.05) is 18.1 Å². The number of nitrogens with zero attached hydrogens (tertiary/aromatic N) is 2. The van der Waals surface area contributed by atoms with Gasteiger partial charge in [-0.3, -0.25) is 0 Å². The van der Waals surface area contributed by atoms with Gasteiger partial charge in [-0.05, 0) is 36.6 Å². The van der Waals surface area contributed by atoms with Crippen LogP contribution in [0.1, 0.15) is 24.8 Å². The van der Waals surface area contributed by atoms with Crippen LogP contribution in [0.2, 0.25) is 0 Å². The highest BCUT2D eigenvalue weighted by atomic mass is 32.2. The minimum Gasteiger partial charge on any atom is -0.369 e. The first-order chi connectivity index (χ1) is 12.5. The molecular weight excluding hydrogens is 346 g/mol. The molecule has 1 N–H and O–H groups in total. The molecule has 0 saturated heterocycles. The van der Waals surface area contributed by atoms with Gasteiger partial charge in [0, 0.05) is 23.6 Å². The second-order valence-corrected chi connectivity index (χ2v) is 9.04. The molecule has 0 spiro atoms. The molecule has 3 aromatic rings. The van der Waals surface area contributed by atoms with E-state index in [2.05, 4.69) is 39.6 Å². The third kappa shape index (κ3) is 3.05. The van der Waals surface area contributed by atoms with Gasteiger partial charge in [0.2, 0.25) is 0 Å². The summed E-state index contributed by atoms with van der Waals surface area (Å²) in [5.74, 6) is 0.683. The molecule has 0 bridgehead atoms. The number of sulfone groups is 1. The normalized spacial score (nSPS) is 16.2. The Morgan fingerprint density at radius 2 is 1.85 bits per heavy atom. The largest absolute Gasteiger partial charge is 0.369 e. The molecule has 5 nitrogen and oxygen atoms in total. The SMILES string of the molecule is CS(=O)(=O)c1ccc2ncnc(NCC3(c4ccccc4)CCC3)c2c1. The Hall–Kier alpha value is -2.47. The Bertz CT molecular complexity index is 1050. The summed E-state index contributed by atoms with van der Waals surface area (Å²) in [6.07, 6.45) is 6.23. The van der Waals surface area contributed by atoms with E-state index in [1.54, 1.807) is 18.2 Å². The molecule has 26 heavy (non-hydrogen) atoms. The lowest BCUT2D eigenvalue weighted by atomic mass is 9.64. The summed E-state index contributed by atoms with van der Waals surface area (Å²) in [6, 6.07) is 15.5. The lowest BCUT2D eigenvalue weighted by Gasteiger charge is -2.42. The Labute approximate surface area is 153 Å². The number of nitrogens with one attached hydrogen (secondary N) is 1. The number of hydrogen-bond acceptors (Lipinski definition) is 5. The van der Waals surface area contributed by atoms with Crippen LogP contribution in [-0.4, -0.2) is 31.2 Å². The van der Waals surface area contributed by atoms with Crippen molar-refractivity contribution in [3.05, 3.63) is 60.4 Å². The fraction of sp³-hybridized carbons (Fsp3) is 0.300. The summed E-state index contributed by atoms with van der Waals surface area (Å²) in [6.45, 7) is 0.770. The van der Waals surface area contributed by atoms with Crippen molar-refractivity contribution in [2.45, 2.75) is 29.6 Å². The fourth-order valence-electron chi connectivity index (χ4n) is 3.62. The maximum atomic E-state index is 11.9. The number of fused-ring (bicyclic) bond motifs is 1. The number of hydrogen-bond donors (Lipinski definition) is 1. The molecule has 1 fully saturated rings. The highest BCUT2D eigenvalue weighted by Gasteiger charge is 2.38. The quantitative estimate of drug-likeness (QED) is 0.746. The molecule has 134 valence electrons. The molecule has 0 unspecified atom stereocenters. The molecule has 0 aliphatic heterocycles. The van der Waals surface area contributed by atoms with Gasteiger partial charge in [0.05, 0.1) is 10.4 Å². The fourth-order valence-corrected chi connectivity index (χ4v) is 4.27. The summed E-state index contributed by atoms with van der Waals surface area (Å²) in [4.78, 5) is 8.91. The first-order valence-corrected chi connectivity index (χ1v) is 10.6. The Kier molecular flexibility index (Phi) is 4.15. The van der Waals surface area contributed by atoms with E-state index >= 15 is 0 Å². The second kappa shape index (κ2) is 6.36.